The molecule has 82 valence electrons. The summed E-state index contributed by atoms with van der Waals surface area (Å²) in [7, 11) is 0. The number of hydrogen-bond acceptors (Lipinski definition) is 1. The molecular formula is C12H22BrN. The summed E-state index contributed by atoms with van der Waals surface area (Å²) >= 11 is 3.54. The highest BCUT2D eigenvalue weighted by molar-refractivity contribution is 9.09. The molecule has 0 amide bonds. The smallest absolute Gasteiger partial charge is 0.00989 e. The third kappa shape index (κ3) is 2.52. The molecule has 2 fully saturated rings. The Balaban J connectivity index is 1.82. The van der Waals surface area contributed by atoms with Gasteiger partial charge in [0.15, 0.2) is 0 Å². The van der Waals surface area contributed by atoms with E-state index in [1.54, 1.807) is 0 Å². The van der Waals surface area contributed by atoms with Gasteiger partial charge < -0.3 is 0 Å². The average Bonchev–Trinajstić information content (AvgIpc) is 2.84. The van der Waals surface area contributed by atoms with Gasteiger partial charge in [-0.3, -0.25) is 4.90 Å². The first-order valence-corrected chi connectivity index (χ1v) is 7.35. The van der Waals surface area contributed by atoms with Crippen LogP contribution in [0.4, 0.5) is 0 Å². The molecule has 0 N–H and O–H groups in total. The highest BCUT2D eigenvalue weighted by Gasteiger charge is 2.31. The number of alkyl halides is 1. The molecule has 0 spiro atoms. The fourth-order valence-electron chi connectivity index (χ4n) is 3.20. The second kappa shape index (κ2) is 5.50. The predicted molar refractivity (Wildman–Crippen MR) is 65.0 cm³/mol. The van der Waals surface area contributed by atoms with Crippen LogP contribution in [-0.4, -0.2) is 28.9 Å². The van der Waals surface area contributed by atoms with Gasteiger partial charge in [0.1, 0.15) is 0 Å². The van der Waals surface area contributed by atoms with Crippen molar-refractivity contribution in [3.63, 3.8) is 0 Å². The van der Waals surface area contributed by atoms with Gasteiger partial charge in [-0.2, -0.15) is 0 Å². The quantitative estimate of drug-likeness (QED) is 0.698. The number of rotatable bonds is 4. The number of likely N-dealkylation sites (tertiary alicyclic amines) is 1. The fourth-order valence-corrected chi connectivity index (χ4v) is 3.52. The highest BCUT2D eigenvalue weighted by Crippen LogP contribution is 2.31. The Kier molecular flexibility index (Phi) is 4.30. The molecule has 0 aromatic carbocycles. The molecule has 1 aliphatic carbocycles. The van der Waals surface area contributed by atoms with Crippen molar-refractivity contribution in [3.05, 3.63) is 0 Å². The number of halogens is 1. The van der Waals surface area contributed by atoms with E-state index in [9.17, 15) is 0 Å². The topological polar surface area (TPSA) is 3.24 Å². The van der Waals surface area contributed by atoms with Crippen LogP contribution in [0.25, 0.3) is 0 Å². The second-order valence-corrected chi connectivity index (χ2v) is 5.60. The summed E-state index contributed by atoms with van der Waals surface area (Å²) in [6.45, 7) is 1.39. The standard InChI is InChI=1S/C12H22BrN/c13-9-3-7-12-8-4-10-14(12)11-5-1-2-6-11/h11-12H,1-10H2. The normalized spacial score (nSPS) is 30.2. The van der Waals surface area contributed by atoms with Crippen LogP contribution >= 0.6 is 15.9 Å². The number of hydrogen-bond donors (Lipinski definition) is 0. The Morgan fingerprint density at radius 3 is 2.57 bits per heavy atom. The third-order valence-corrected chi connectivity index (χ3v) is 4.45. The predicted octanol–water partition coefficient (Wildman–Crippen LogP) is 3.57. The molecule has 2 aliphatic rings. The van der Waals surface area contributed by atoms with Gasteiger partial charge in [0.2, 0.25) is 0 Å². The van der Waals surface area contributed by atoms with Gasteiger partial charge in [0.05, 0.1) is 0 Å². The fraction of sp³-hybridized carbons (Fsp3) is 1.00. The lowest BCUT2D eigenvalue weighted by Crippen LogP contribution is -2.37. The van der Waals surface area contributed by atoms with Crippen molar-refractivity contribution >= 4 is 15.9 Å². The van der Waals surface area contributed by atoms with E-state index in [2.05, 4.69) is 20.8 Å². The maximum absolute atomic E-state index is 3.54. The van der Waals surface area contributed by atoms with Crippen LogP contribution in [0.15, 0.2) is 0 Å². The molecule has 2 rings (SSSR count). The molecule has 1 unspecified atom stereocenters. The van der Waals surface area contributed by atoms with E-state index in [1.807, 2.05) is 0 Å². The molecule has 1 atom stereocenters. The molecule has 0 aromatic rings. The van der Waals surface area contributed by atoms with Gasteiger partial charge in [-0.05, 0) is 45.1 Å². The molecule has 14 heavy (non-hydrogen) atoms. The summed E-state index contributed by atoms with van der Waals surface area (Å²) in [5, 5.41) is 1.18. The zero-order chi connectivity index (χ0) is 9.80. The molecule has 0 aromatic heterocycles. The maximum Gasteiger partial charge on any atom is 0.00989 e. The van der Waals surface area contributed by atoms with Crippen molar-refractivity contribution in [2.75, 3.05) is 11.9 Å². The molecule has 0 radical (unpaired) electrons. The first kappa shape index (κ1) is 10.9. The molecule has 1 saturated heterocycles. The van der Waals surface area contributed by atoms with Gasteiger partial charge in [-0.1, -0.05) is 28.8 Å². The van der Waals surface area contributed by atoms with E-state index in [1.165, 1.54) is 63.2 Å². The zero-order valence-electron chi connectivity index (χ0n) is 9.05. The van der Waals surface area contributed by atoms with E-state index in [-0.39, 0.29) is 0 Å². The lowest BCUT2D eigenvalue weighted by molar-refractivity contribution is 0.174. The first-order valence-electron chi connectivity index (χ1n) is 6.23. The molecule has 2 heteroatoms. The van der Waals surface area contributed by atoms with Crippen LogP contribution in [0.1, 0.15) is 51.4 Å². The van der Waals surface area contributed by atoms with Gasteiger partial charge in [0.25, 0.3) is 0 Å². The molecule has 1 heterocycles. The lowest BCUT2D eigenvalue weighted by atomic mass is 10.1. The lowest BCUT2D eigenvalue weighted by Gasteiger charge is -2.30. The van der Waals surface area contributed by atoms with E-state index in [4.69, 9.17) is 0 Å². The van der Waals surface area contributed by atoms with Crippen molar-refractivity contribution in [3.8, 4) is 0 Å². The van der Waals surface area contributed by atoms with Crippen LogP contribution in [0.5, 0.6) is 0 Å². The van der Waals surface area contributed by atoms with E-state index in [0.717, 1.165) is 12.1 Å². The molecule has 0 bridgehead atoms. The maximum atomic E-state index is 3.54. The monoisotopic (exact) mass is 259 g/mol. The molecular weight excluding hydrogens is 238 g/mol. The average molecular weight is 260 g/mol. The van der Waals surface area contributed by atoms with Crippen molar-refractivity contribution in [2.45, 2.75) is 63.5 Å². The van der Waals surface area contributed by atoms with E-state index >= 15 is 0 Å². The van der Waals surface area contributed by atoms with Gasteiger partial charge >= 0.3 is 0 Å². The summed E-state index contributed by atoms with van der Waals surface area (Å²) in [5.74, 6) is 0. The van der Waals surface area contributed by atoms with Crippen molar-refractivity contribution in [2.24, 2.45) is 0 Å². The Morgan fingerprint density at radius 1 is 1.07 bits per heavy atom. The van der Waals surface area contributed by atoms with Gasteiger partial charge in [0, 0.05) is 17.4 Å². The summed E-state index contributed by atoms with van der Waals surface area (Å²) in [5.41, 5.74) is 0. The largest absolute Gasteiger partial charge is 0.297 e. The van der Waals surface area contributed by atoms with Crippen LogP contribution in [-0.2, 0) is 0 Å². The minimum Gasteiger partial charge on any atom is -0.297 e. The Labute approximate surface area is 96.4 Å². The summed E-state index contributed by atoms with van der Waals surface area (Å²) in [6, 6.07) is 1.88. The highest BCUT2D eigenvalue weighted by atomic mass is 79.9. The van der Waals surface area contributed by atoms with Crippen LogP contribution in [0, 0.1) is 0 Å². The van der Waals surface area contributed by atoms with Crippen molar-refractivity contribution in [1.82, 2.24) is 4.90 Å². The van der Waals surface area contributed by atoms with Crippen molar-refractivity contribution in [1.29, 1.82) is 0 Å². The zero-order valence-corrected chi connectivity index (χ0v) is 10.6. The third-order valence-electron chi connectivity index (χ3n) is 3.89. The second-order valence-electron chi connectivity index (χ2n) is 4.80. The van der Waals surface area contributed by atoms with Gasteiger partial charge in [-0.25, -0.2) is 0 Å². The summed E-state index contributed by atoms with van der Waals surface area (Å²) in [6.07, 6.45) is 11.6. The minimum absolute atomic E-state index is 0.927. The Hall–Kier alpha value is 0.440. The molecule has 1 nitrogen and oxygen atoms in total. The molecule has 1 saturated carbocycles. The van der Waals surface area contributed by atoms with Gasteiger partial charge in [-0.15, -0.1) is 0 Å². The summed E-state index contributed by atoms with van der Waals surface area (Å²) < 4.78 is 0. The Bertz CT molecular complexity index is 166. The van der Waals surface area contributed by atoms with Crippen molar-refractivity contribution < 1.29 is 0 Å². The summed E-state index contributed by atoms with van der Waals surface area (Å²) in [4.78, 5) is 2.83. The van der Waals surface area contributed by atoms with Crippen LogP contribution in [0.2, 0.25) is 0 Å². The first-order chi connectivity index (χ1) is 6.92. The molecule has 1 aliphatic heterocycles. The van der Waals surface area contributed by atoms with E-state index in [0.29, 0.717) is 0 Å². The minimum atomic E-state index is 0.927. The van der Waals surface area contributed by atoms with E-state index < -0.39 is 0 Å². The van der Waals surface area contributed by atoms with Crippen LogP contribution in [0.3, 0.4) is 0 Å². The SMILES string of the molecule is BrCCCC1CCCN1C1CCCC1. The Morgan fingerprint density at radius 2 is 1.86 bits per heavy atom. The number of nitrogens with zero attached hydrogens (tertiary/aromatic N) is 1. The van der Waals surface area contributed by atoms with Crippen LogP contribution < -0.4 is 0 Å².